The highest BCUT2D eigenvalue weighted by atomic mass is 16.2. The topological polar surface area (TPSA) is 91.0 Å². The van der Waals surface area contributed by atoms with Crippen LogP contribution in [0.3, 0.4) is 0 Å². The number of piperidine rings is 1. The number of aromatic nitrogens is 3. The van der Waals surface area contributed by atoms with Crippen LogP contribution in [0.15, 0.2) is 49.1 Å². The smallest absolute Gasteiger partial charge is 0.313 e. The summed E-state index contributed by atoms with van der Waals surface area (Å²) in [5.74, 6) is -0.751. The molecule has 4 heterocycles. The van der Waals surface area contributed by atoms with E-state index in [1.54, 1.807) is 29.4 Å². The zero-order valence-corrected chi connectivity index (χ0v) is 14.2. The van der Waals surface area contributed by atoms with Crippen molar-refractivity contribution in [2.24, 2.45) is 0 Å². The van der Waals surface area contributed by atoms with Gasteiger partial charge in [-0.05, 0) is 48.6 Å². The van der Waals surface area contributed by atoms with Crippen LogP contribution < -0.4 is 5.32 Å². The Labute approximate surface area is 150 Å². The Morgan fingerprint density at radius 3 is 2.73 bits per heavy atom. The SMILES string of the molecule is O=C(Nc1cccnc1)C(=O)N1CCC(c2c[nH]c3ncccc23)CC1. The normalized spacial score (nSPS) is 15.2. The van der Waals surface area contributed by atoms with E-state index in [4.69, 9.17) is 0 Å². The minimum absolute atomic E-state index is 0.360. The Hall–Kier alpha value is -3.22. The lowest BCUT2D eigenvalue weighted by atomic mass is 9.89. The van der Waals surface area contributed by atoms with Gasteiger partial charge in [0.05, 0.1) is 11.9 Å². The summed E-state index contributed by atoms with van der Waals surface area (Å²) < 4.78 is 0. The van der Waals surface area contributed by atoms with Gasteiger partial charge in [0, 0.05) is 37.1 Å². The van der Waals surface area contributed by atoms with Crippen LogP contribution in [-0.4, -0.2) is 44.8 Å². The highest BCUT2D eigenvalue weighted by Crippen LogP contribution is 2.32. The van der Waals surface area contributed by atoms with Crippen molar-refractivity contribution in [3.63, 3.8) is 0 Å². The van der Waals surface area contributed by atoms with Gasteiger partial charge in [-0.25, -0.2) is 4.98 Å². The van der Waals surface area contributed by atoms with Crippen molar-refractivity contribution in [3.05, 3.63) is 54.6 Å². The molecule has 0 bridgehead atoms. The molecule has 7 heteroatoms. The predicted octanol–water partition coefficient (Wildman–Crippen LogP) is 2.30. The first-order valence-corrected chi connectivity index (χ1v) is 8.64. The molecule has 4 rings (SSSR count). The van der Waals surface area contributed by atoms with Crippen molar-refractivity contribution in [2.75, 3.05) is 18.4 Å². The molecule has 26 heavy (non-hydrogen) atoms. The second-order valence-electron chi connectivity index (χ2n) is 6.41. The molecular weight excluding hydrogens is 330 g/mol. The van der Waals surface area contributed by atoms with Gasteiger partial charge in [0.25, 0.3) is 0 Å². The minimum Gasteiger partial charge on any atom is -0.346 e. The third-order valence-electron chi connectivity index (χ3n) is 4.82. The molecule has 2 amide bonds. The lowest BCUT2D eigenvalue weighted by Crippen LogP contribution is -2.43. The molecule has 0 aliphatic carbocycles. The maximum atomic E-state index is 12.4. The molecule has 0 saturated carbocycles. The lowest BCUT2D eigenvalue weighted by Gasteiger charge is -2.31. The molecule has 0 unspecified atom stereocenters. The summed E-state index contributed by atoms with van der Waals surface area (Å²) in [4.78, 5) is 37.6. The predicted molar refractivity (Wildman–Crippen MR) is 97.5 cm³/mol. The molecular formula is C19H19N5O2. The average molecular weight is 349 g/mol. The summed E-state index contributed by atoms with van der Waals surface area (Å²) in [5, 5.41) is 3.73. The number of H-pyrrole nitrogens is 1. The Balaban J connectivity index is 1.38. The van der Waals surface area contributed by atoms with Gasteiger partial charge in [-0.2, -0.15) is 0 Å². The van der Waals surface area contributed by atoms with Crippen molar-refractivity contribution in [1.82, 2.24) is 19.9 Å². The van der Waals surface area contributed by atoms with E-state index in [-0.39, 0.29) is 0 Å². The number of hydrogen-bond donors (Lipinski definition) is 2. The number of aromatic amines is 1. The molecule has 1 saturated heterocycles. The van der Waals surface area contributed by atoms with Gasteiger partial charge < -0.3 is 15.2 Å². The summed E-state index contributed by atoms with van der Waals surface area (Å²) in [7, 11) is 0. The van der Waals surface area contributed by atoms with Crippen LogP contribution in [0.1, 0.15) is 24.3 Å². The van der Waals surface area contributed by atoms with Crippen molar-refractivity contribution in [1.29, 1.82) is 0 Å². The van der Waals surface area contributed by atoms with Gasteiger partial charge in [-0.15, -0.1) is 0 Å². The number of nitrogens with zero attached hydrogens (tertiary/aromatic N) is 3. The molecule has 7 nitrogen and oxygen atoms in total. The van der Waals surface area contributed by atoms with Crippen molar-refractivity contribution >= 4 is 28.5 Å². The standard InChI is InChI=1S/C19H19N5O2/c25-18(23-14-3-1-7-20-11-14)19(26)24-9-5-13(6-10-24)16-12-22-17-15(16)4-2-8-21-17/h1-4,7-8,11-13H,5-6,9-10H2,(H,21,22)(H,23,25). The second-order valence-corrected chi connectivity index (χ2v) is 6.41. The summed E-state index contributed by atoms with van der Waals surface area (Å²) in [6, 6.07) is 7.41. The maximum absolute atomic E-state index is 12.4. The summed E-state index contributed by atoms with van der Waals surface area (Å²) >= 11 is 0. The molecule has 0 spiro atoms. The van der Waals surface area contributed by atoms with Crippen LogP contribution in [0.4, 0.5) is 5.69 Å². The van der Waals surface area contributed by atoms with E-state index in [2.05, 4.69) is 26.3 Å². The van der Waals surface area contributed by atoms with Crippen LogP contribution in [0.25, 0.3) is 11.0 Å². The number of carbonyl (C=O) groups excluding carboxylic acids is 2. The molecule has 2 N–H and O–H groups in total. The molecule has 1 aliphatic rings. The molecule has 1 fully saturated rings. The Kier molecular flexibility index (Phi) is 4.35. The molecule has 132 valence electrons. The van der Waals surface area contributed by atoms with Crippen molar-refractivity contribution in [2.45, 2.75) is 18.8 Å². The first kappa shape index (κ1) is 16.3. The molecule has 3 aromatic rings. The number of nitrogens with one attached hydrogen (secondary N) is 2. The van der Waals surface area contributed by atoms with E-state index in [1.807, 2.05) is 12.3 Å². The molecule has 3 aromatic heterocycles. The Morgan fingerprint density at radius 2 is 1.96 bits per heavy atom. The highest BCUT2D eigenvalue weighted by Gasteiger charge is 2.28. The average Bonchev–Trinajstić information content (AvgIpc) is 3.12. The maximum Gasteiger partial charge on any atom is 0.313 e. The number of rotatable bonds is 2. The van der Waals surface area contributed by atoms with Gasteiger partial charge in [-0.3, -0.25) is 14.6 Å². The zero-order valence-electron chi connectivity index (χ0n) is 14.2. The van der Waals surface area contributed by atoms with Crippen LogP contribution in [0.5, 0.6) is 0 Å². The van der Waals surface area contributed by atoms with Gasteiger partial charge >= 0.3 is 11.8 Å². The van der Waals surface area contributed by atoms with Gasteiger partial charge in [0.15, 0.2) is 0 Å². The van der Waals surface area contributed by atoms with Crippen LogP contribution in [0.2, 0.25) is 0 Å². The Bertz CT molecular complexity index is 929. The summed E-state index contributed by atoms with van der Waals surface area (Å²) in [6.45, 7) is 1.13. The van der Waals surface area contributed by atoms with E-state index >= 15 is 0 Å². The number of amides is 2. The monoisotopic (exact) mass is 349 g/mol. The molecule has 1 aliphatic heterocycles. The highest BCUT2D eigenvalue weighted by molar-refractivity contribution is 6.39. The fourth-order valence-electron chi connectivity index (χ4n) is 3.47. The fraction of sp³-hybridized carbons (Fsp3) is 0.263. The van der Waals surface area contributed by atoms with E-state index in [0.717, 1.165) is 23.9 Å². The van der Waals surface area contributed by atoms with Crippen molar-refractivity contribution < 1.29 is 9.59 Å². The van der Waals surface area contributed by atoms with Gasteiger partial charge in [0.1, 0.15) is 5.65 Å². The number of pyridine rings is 2. The number of hydrogen-bond acceptors (Lipinski definition) is 4. The second kappa shape index (κ2) is 6.95. The first-order valence-electron chi connectivity index (χ1n) is 8.64. The minimum atomic E-state index is -0.618. The number of carbonyl (C=O) groups is 2. The quantitative estimate of drug-likeness (QED) is 0.695. The van der Waals surface area contributed by atoms with E-state index in [0.29, 0.717) is 24.7 Å². The van der Waals surface area contributed by atoms with Gasteiger partial charge in [0.2, 0.25) is 0 Å². The zero-order chi connectivity index (χ0) is 17.9. The van der Waals surface area contributed by atoms with E-state index < -0.39 is 11.8 Å². The number of likely N-dealkylation sites (tertiary alicyclic amines) is 1. The third-order valence-corrected chi connectivity index (χ3v) is 4.82. The lowest BCUT2D eigenvalue weighted by molar-refractivity contribution is -0.143. The van der Waals surface area contributed by atoms with Crippen LogP contribution in [0, 0.1) is 0 Å². The molecule has 0 radical (unpaired) electrons. The molecule has 0 atom stereocenters. The summed E-state index contributed by atoms with van der Waals surface area (Å²) in [5.41, 5.74) is 2.64. The van der Waals surface area contributed by atoms with Crippen LogP contribution in [-0.2, 0) is 9.59 Å². The third kappa shape index (κ3) is 3.15. The molecule has 0 aromatic carbocycles. The largest absolute Gasteiger partial charge is 0.346 e. The number of fused-ring (bicyclic) bond motifs is 1. The van der Waals surface area contributed by atoms with Crippen LogP contribution >= 0.6 is 0 Å². The van der Waals surface area contributed by atoms with E-state index in [1.165, 1.54) is 11.8 Å². The summed E-state index contributed by atoms with van der Waals surface area (Å²) in [6.07, 6.45) is 8.56. The van der Waals surface area contributed by atoms with E-state index in [9.17, 15) is 9.59 Å². The van der Waals surface area contributed by atoms with Gasteiger partial charge in [-0.1, -0.05) is 0 Å². The number of anilines is 1. The fourth-order valence-corrected chi connectivity index (χ4v) is 3.47. The first-order chi connectivity index (χ1) is 12.7. The van der Waals surface area contributed by atoms with Crippen molar-refractivity contribution in [3.8, 4) is 0 Å². The Morgan fingerprint density at radius 1 is 1.15 bits per heavy atom.